The molecule has 2 N–H and O–H groups in total. The molecule has 0 aliphatic carbocycles. The van der Waals surface area contributed by atoms with Gasteiger partial charge in [0.25, 0.3) is 0 Å². The first-order valence-corrected chi connectivity index (χ1v) is 7.57. The minimum Gasteiger partial charge on any atom is -0.466 e. The van der Waals surface area contributed by atoms with Gasteiger partial charge in [0.1, 0.15) is 0 Å². The van der Waals surface area contributed by atoms with Gasteiger partial charge in [-0.15, -0.1) is 11.3 Å². The van der Waals surface area contributed by atoms with Crippen LogP contribution < -0.4 is 5.73 Å². The fourth-order valence-corrected chi connectivity index (χ4v) is 3.29. The highest BCUT2D eigenvalue weighted by Gasteiger charge is 2.32. The van der Waals surface area contributed by atoms with Crippen molar-refractivity contribution in [2.45, 2.75) is 40.2 Å². The van der Waals surface area contributed by atoms with Crippen molar-refractivity contribution in [3.63, 3.8) is 0 Å². The first kappa shape index (κ1) is 15.7. The second-order valence-electron chi connectivity index (χ2n) is 4.97. The van der Waals surface area contributed by atoms with E-state index < -0.39 is 5.41 Å². The Balaban J connectivity index is 2.74. The maximum Gasteiger partial charge on any atom is 0.311 e. The summed E-state index contributed by atoms with van der Waals surface area (Å²) < 4.78 is 6.15. The van der Waals surface area contributed by atoms with Crippen molar-refractivity contribution in [3.8, 4) is 0 Å². The topological polar surface area (TPSA) is 52.3 Å². The van der Waals surface area contributed by atoms with E-state index in [-0.39, 0.29) is 12.0 Å². The molecule has 102 valence electrons. The highest BCUT2D eigenvalue weighted by Crippen LogP contribution is 2.35. The summed E-state index contributed by atoms with van der Waals surface area (Å²) in [5, 5.41) is 0. The van der Waals surface area contributed by atoms with Crippen molar-refractivity contribution in [1.29, 1.82) is 0 Å². The second kappa shape index (κ2) is 6.17. The summed E-state index contributed by atoms with van der Waals surface area (Å²) >= 11 is 5.15. The Kier molecular flexibility index (Phi) is 5.37. The van der Waals surface area contributed by atoms with E-state index in [0.29, 0.717) is 13.0 Å². The Morgan fingerprint density at radius 2 is 2.22 bits per heavy atom. The van der Waals surface area contributed by atoms with Gasteiger partial charge in [0.05, 0.1) is 12.0 Å². The van der Waals surface area contributed by atoms with E-state index in [1.54, 1.807) is 11.3 Å². The molecule has 0 radical (unpaired) electrons. The van der Waals surface area contributed by atoms with Gasteiger partial charge in [0.2, 0.25) is 0 Å². The maximum atomic E-state index is 11.8. The standard InChI is InChI=1S/C13H20BrNO2S/c1-5-17-12(16)13(3,4)7-10(15)11-6-9(14)8(2)18-11/h6,10H,5,7,15H2,1-4H3. The van der Waals surface area contributed by atoms with E-state index in [9.17, 15) is 4.79 Å². The highest BCUT2D eigenvalue weighted by molar-refractivity contribution is 9.10. The smallest absolute Gasteiger partial charge is 0.311 e. The van der Waals surface area contributed by atoms with Crippen LogP contribution in [-0.4, -0.2) is 12.6 Å². The summed E-state index contributed by atoms with van der Waals surface area (Å²) in [7, 11) is 0. The summed E-state index contributed by atoms with van der Waals surface area (Å²) in [5.41, 5.74) is 5.62. The minimum atomic E-state index is -0.556. The number of ether oxygens (including phenoxy) is 1. The lowest BCUT2D eigenvalue weighted by Gasteiger charge is -2.25. The number of hydrogen-bond acceptors (Lipinski definition) is 4. The van der Waals surface area contributed by atoms with Crippen LogP contribution in [0.5, 0.6) is 0 Å². The van der Waals surface area contributed by atoms with Crippen molar-refractivity contribution in [3.05, 3.63) is 20.3 Å². The molecule has 1 heterocycles. The number of nitrogens with two attached hydrogens (primary N) is 1. The third kappa shape index (κ3) is 3.80. The Morgan fingerprint density at radius 3 is 2.67 bits per heavy atom. The number of rotatable bonds is 5. The van der Waals surface area contributed by atoms with Crippen molar-refractivity contribution in [1.82, 2.24) is 0 Å². The normalized spacial score (nSPS) is 13.4. The first-order valence-electron chi connectivity index (χ1n) is 5.96. The average Bonchev–Trinajstić information content (AvgIpc) is 2.59. The number of carbonyl (C=O) groups is 1. The van der Waals surface area contributed by atoms with Gasteiger partial charge in [-0.2, -0.15) is 0 Å². The fourth-order valence-electron chi connectivity index (χ4n) is 1.72. The number of esters is 1. The van der Waals surface area contributed by atoms with Gasteiger partial charge >= 0.3 is 5.97 Å². The van der Waals surface area contributed by atoms with Gasteiger partial charge in [0, 0.05) is 20.3 Å². The molecule has 0 bridgehead atoms. The van der Waals surface area contributed by atoms with Crippen LogP contribution >= 0.6 is 27.3 Å². The molecule has 1 rings (SSSR count). The van der Waals surface area contributed by atoms with E-state index in [0.717, 1.165) is 9.35 Å². The van der Waals surface area contributed by atoms with Crippen molar-refractivity contribution >= 4 is 33.2 Å². The molecular formula is C13H20BrNO2S. The van der Waals surface area contributed by atoms with Crippen molar-refractivity contribution in [2.75, 3.05) is 6.61 Å². The fraction of sp³-hybridized carbons (Fsp3) is 0.615. The molecule has 0 aliphatic rings. The molecule has 5 heteroatoms. The summed E-state index contributed by atoms with van der Waals surface area (Å²) in [6, 6.07) is 1.89. The third-order valence-corrected chi connectivity index (χ3v) is 5.07. The van der Waals surface area contributed by atoms with Crippen LogP contribution in [0.3, 0.4) is 0 Å². The number of thiophene rings is 1. The van der Waals surface area contributed by atoms with Crippen molar-refractivity contribution < 1.29 is 9.53 Å². The van der Waals surface area contributed by atoms with E-state index >= 15 is 0 Å². The zero-order valence-electron chi connectivity index (χ0n) is 11.2. The molecule has 0 saturated heterocycles. The number of carbonyl (C=O) groups excluding carboxylic acids is 1. The predicted octanol–water partition coefficient (Wildman–Crippen LogP) is 3.80. The Bertz CT molecular complexity index is 409. The lowest BCUT2D eigenvalue weighted by Crippen LogP contribution is -2.30. The summed E-state index contributed by atoms with van der Waals surface area (Å²) in [4.78, 5) is 14.1. The van der Waals surface area contributed by atoms with Crippen LogP contribution in [0.2, 0.25) is 0 Å². The quantitative estimate of drug-likeness (QED) is 0.834. The van der Waals surface area contributed by atoms with Crippen LogP contribution in [0, 0.1) is 12.3 Å². The third-order valence-electron chi connectivity index (χ3n) is 2.80. The lowest BCUT2D eigenvalue weighted by molar-refractivity contribution is -0.154. The molecule has 0 aliphatic heterocycles. The minimum absolute atomic E-state index is 0.139. The van der Waals surface area contributed by atoms with Crippen LogP contribution in [0.1, 0.15) is 43.0 Å². The molecule has 0 fully saturated rings. The molecule has 0 amide bonds. The number of hydrogen-bond donors (Lipinski definition) is 1. The van der Waals surface area contributed by atoms with Gasteiger partial charge < -0.3 is 10.5 Å². The van der Waals surface area contributed by atoms with Crippen LogP contribution in [0.4, 0.5) is 0 Å². The highest BCUT2D eigenvalue weighted by atomic mass is 79.9. The van der Waals surface area contributed by atoms with Crippen LogP contribution in [-0.2, 0) is 9.53 Å². The zero-order valence-corrected chi connectivity index (χ0v) is 13.7. The van der Waals surface area contributed by atoms with E-state index in [4.69, 9.17) is 10.5 Å². The SMILES string of the molecule is CCOC(=O)C(C)(C)CC(N)c1cc(Br)c(C)s1. The van der Waals surface area contributed by atoms with Crippen molar-refractivity contribution in [2.24, 2.45) is 11.1 Å². The number of halogens is 1. The molecule has 3 nitrogen and oxygen atoms in total. The Hall–Kier alpha value is -0.390. The van der Waals surface area contributed by atoms with E-state index in [2.05, 4.69) is 15.9 Å². The Morgan fingerprint density at radius 1 is 1.61 bits per heavy atom. The van der Waals surface area contributed by atoms with Crippen LogP contribution in [0.15, 0.2) is 10.5 Å². The van der Waals surface area contributed by atoms with E-state index in [1.807, 2.05) is 33.8 Å². The van der Waals surface area contributed by atoms with Gasteiger partial charge in [0.15, 0.2) is 0 Å². The first-order chi connectivity index (χ1) is 8.27. The summed E-state index contributed by atoms with van der Waals surface area (Å²) in [6.45, 7) is 8.01. The van der Waals surface area contributed by atoms with E-state index in [1.165, 1.54) is 4.88 Å². The van der Waals surface area contributed by atoms with Gasteiger partial charge in [-0.3, -0.25) is 4.79 Å². The zero-order chi connectivity index (χ0) is 13.9. The number of aryl methyl sites for hydroxylation is 1. The monoisotopic (exact) mass is 333 g/mol. The Labute approximate surface area is 121 Å². The predicted molar refractivity (Wildman–Crippen MR) is 78.7 cm³/mol. The molecule has 18 heavy (non-hydrogen) atoms. The molecule has 1 aromatic rings. The maximum absolute atomic E-state index is 11.8. The molecule has 0 spiro atoms. The molecule has 1 unspecified atom stereocenters. The molecule has 1 atom stereocenters. The summed E-state index contributed by atoms with van der Waals surface area (Å²) in [6.07, 6.45) is 0.582. The molecule has 0 aromatic carbocycles. The molecule has 1 aromatic heterocycles. The molecule has 0 saturated carbocycles. The largest absolute Gasteiger partial charge is 0.466 e. The lowest BCUT2D eigenvalue weighted by atomic mass is 9.85. The van der Waals surface area contributed by atoms with Gasteiger partial charge in [-0.05, 0) is 56.1 Å². The van der Waals surface area contributed by atoms with Gasteiger partial charge in [-0.1, -0.05) is 0 Å². The average molecular weight is 334 g/mol. The van der Waals surface area contributed by atoms with Crippen LogP contribution in [0.25, 0.3) is 0 Å². The molecular weight excluding hydrogens is 314 g/mol. The van der Waals surface area contributed by atoms with Gasteiger partial charge in [-0.25, -0.2) is 0 Å². The second-order valence-corrected chi connectivity index (χ2v) is 7.11. The summed E-state index contributed by atoms with van der Waals surface area (Å²) in [5.74, 6) is -0.187.